The van der Waals surface area contributed by atoms with Crippen LogP contribution in [0.5, 0.6) is 0 Å². The van der Waals surface area contributed by atoms with Crippen molar-refractivity contribution in [2.24, 2.45) is 0 Å². The van der Waals surface area contributed by atoms with Crippen LogP contribution in [0.25, 0.3) is 11.3 Å². The summed E-state index contributed by atoms with van der Waals surface area (Å²) in [5.41, 5.74) is 2.28. The van der Waals surface area contributed by atoms with Crippen molar-refractivity contribution in [2.75, 3.05) is 5.32 Å². The second-order valence-electron chi connectivity index (χ2n) is 8.33. The molecule has 4 aromatic rings. The quantitative estimate of drug-likeness (QED) is 0.275. The number of aryl methyl sites for hydroxylation is 1. The van der Waals surface area contributed by atoms with E-state index >= 15 is 0 Å². The van der Waals surface area contributed by atoms with E-state index < -0.39 is 29.8 Å². The lowest BCUT2D eigenvalue weighted by Crippen LogP contribution is -2.35. The van der Waals surface area contributed by atoms with E-state index in [9.17, 15) is 23.1 Å². The summed E-state index contributed by atoms with van der Waals surface area (Å²) in [6.07, 6.45) is -2.40. The number of H-pyrrole nitrogens is 1. The van der Waals surface area contributed by atoms with Gasteiger partial charge < -0.3 is 20.7 Å². The number of aromatic nitrogens is 3. The van der Waals surface area contributed by atoms with Crippen molar-refractivity contribution in [2.45, 2.75) is 32.2 Å². The van der Waals surface area contributed by atoms with E-state index in [1.54, 1.807) is 18.5 Å². The van der Waals surface area contributed by atoms with Gasteiger partial charge in [-0.2, -0.15) is 13.2 Å². The highest BCUT2D eigenvalue weighted by atomic mass is 19.4. The highest BCUT2D eigenvalue weighted by Gasteiger charge is 2.32. The highest BCUT2D eigenvalue weighted by molar-refractivity contribution is 5.94. The van der Waals surface area contributed by atoms with E-state index in [4.69, 9.17) is 0 Å². The van der Waals surface area contributed by atoms with Crippen LogP contribution in [0.1, 0.15) is 40.1 Å². The number of nitrogens with zero attached hydrogens (tertiary/aromatic N) is 2. The van der Waals surface area contributed by atoms with Crippen LogP contribution < -0.4 is 10.6 Å². The fraction of sp³-hybridized carbons (Fsp3) is 0.192. The number of para-hydroxylation sites is 1. The van der Waals surface area contributed by atoms with E-state index in [2.05, 4.69) is 25.6 Å². The minimum absolute atomic E-state index is 0.142. The van der Waals surface area contributed by atoms with Gasteiger partial charge in [0.1, 0.15) is 5.69 Å². The van der Waals surface area contributed by atoms with Crippen molar-refractivity contribution in [1.29, 1.82) is 0 Å². The van der Waals surface area contributed by atoms with Gasteiger partial charge in [-0.15, -0.1) is 0 Å². The first-order valence-corrected chi connectivity index (χ1v) is 11.1. The van der Waals surface area contributed by atoms with Crippen molar-refractivity contribution >= 4 is 17.5 Å². The van der Waals surface area contributed by atoms with E-state index in [1.807, 2.05) is 37.3 Å². The lowest BCUT2D eigenvalue weighted by atomic mass is 9.99. The molecule has 0 aliphatic rings. The Kier molecular flexibility index (Phi) is 7.07. The van der Waals surface area contributed by atoms with Crippen LogP contribution in [0, 0.1) is 6.92 Å². The molecule has 2 heterocycles. The Hall–Kier alpha value is -4.18. The number of carbonyl (C=O) groups excluding carboxylic acids is 1. The van der Waals surface area contributed by atoms with Crippen molar-refractivity contribution < 1.29 is 23.1 Å². The lowest BCUT2D eigenvalue weighted by Gasteiger charge is -2.22. The van der Waals surface area contributed by atoms with Gasteiger partial charge in [0.25, 0.3) is 5.91 Å². The number of rotatable bonds is 7. The predicted octanol–water partition coefficient (Wildman–Crippen LogP) is 5.39. The number of carbonyl (C=O) groups is 1. The van der Waals surface area contributed by atoms with Gasteiger partial charge in [-0.1, -0.05) is 30.3 Å². The first-order valence-electron chi connectivity index (χ1n) is 11.1. The highest BCUT2D eigenvalue weighted by Crippen LogP contribution is 2.31. The number of alkyl halides is 3. The Balaban J connectivity index is 1.55. The van der Waals surface area contributed by atoms with Crippen molar-refractivity contribution in [1.82, 2.24) is 20.3 Å². The van der Waals surface area contributed by atoms with Crippen LogP contribution in [0.4, 0.5) is 24.8 Å². The second-order valence-corrected chi connectivity index (χ2v) is 8.33. The number of halogens is 3. The SMILES string of the molecule is Cc1cnc(Nc2ccccc2)nc1-c1c[nH]c(C(=O)NC(c2cccc(C(F)(F)F)c2)C(C)O)c1. The third-order valence-electron chi connectivity index (χ3n) is 5.54. The van der Waals surface area contributed by atoms with E-state index in [0.29, 0.717) is 17.2 Å². The number of amides is 1. The van der Waals surface area contributed by atoms with Crippen molar-refractivity contribution in [3.05, 3.63) is 95.4 Å². The first kappa shape index (κ1) is 24.9. The normalized spacial score (nSPS) is 13.2. The summed E-state index contributed by atoms with van der Waals surface area (Å²) in [6, 6.07) is 14.5. The monoisotopic (exact) mass is 495 g/mol. The molecule has 2 unspecified atom stereocenters. The molecule has 0 saturated carbocycles. The van der Waals surface area contributed by atoms with Crippen LogP contribution in [0.2, 0.25) is 0 Å². The van der Waals surface area contributed by atoms with E-state index in [1.165, 1.54) is 19.1 Å². The van der Waals surface area contributed by atoms with Crippen LogP contribution >= 0.6 is 0 Å². The maximum absolute atomic E-state index is 13.1. The van der Waals surface area contributed by atoms with E-state index in [0.717, 1.165) is 23.4 Å². The molecule has 0 aliphatic heterocycles. The molecule has 2 atom stereocenters. The summed E-state index contributed by atoms with van der Waals surface area (Å²) < 4.78 is 39.4. The molecule has 0 spiro atoms. The zero-order valence-electron chi connectivity index (χ0n) is 19.5. The molecule has 0 saturated heterocycles. The summed E-state index contributed by atoms with van der Waals surface area (Å²) in [5.74, 6) is -0.202. The number of aliphatic hydroxyl groups is 1. The second kappa shape index (κ2) is 10.2. The van der Waals surface area contributed by atoms with Crippen LogP contribution in [0.3, 0.4) is 0 Å². The molecule has 36 heavy (non-hydrogen) atoms. The molecule has 4 N–H and O–H groups in total. The number of aromatic amines is 1. The van der Waals surface area contributed by atoms with Crippen LogP contribution in [-0.4, -0.2) is 32.1 Å². The fourth-order valence-corrected chi connectivity index (χ4v) is 3.72. The number of benzene rings is 2. The average Bonchev–Trinajstić information content (AvgIpc) is 3.34. The summed E-state index contributed by atoms with van der Waals surface area (Å²) in [5, 5.41) is 15.9. The molecule has 10 heteroatoms. The van der Waals surface area contributed by atoms with Gasteiger partial charge in [0, 0.05) is 23.6 Å². The summed E-state index contributed by atoms with van der Waals surface area (Å²) in [4.78, 5) is 24.7. The molecule has 7 nitrogen and oxygen atoms in total. The standard InChI is InChI=1S/C26H24F3N5O2/c1-15-13-31-25(32-20-9-4-3-5-10-20)34-22(15)18-12-21(30-14-18)24(36)33-23(16(2)35)17-7-6-8-19(11-17)26(27,28)29/h3-14,16,23,30,35H,1-2H3,(H,33,36)(H,31,32,34). The Morgan fingerprint density at radius 1 is 1.08 bits per heavy atom. The Bertz CT molecular complexity index is 1350. The molecule has 186 valence electrons. The van der Waals surface area contributed by atoms with Gasteiger partial charge in [-0.3, -0.25) is 4.79 Å². The molecule has 0 fully saturated rings. The predicted molar refractivity (Wildman–Crippen MR) is 130 cm³/mol. The molecule has 0 radical (unpaired) electrons. The molecule has 0 aliphatic carbocycles. The zero-order valence-corrected chi connectivity index (χ0v) is 19.5. The molecular formula is C26H24F3N5O2. The lowest BCUT2D eigenvalue weighted by molar-refractivity contribution is -0.137. The van der Waals surface area contributed by atoms with Gasteiger partial charge in [0.05, 0.1) is 23.4 Å². The molecular weight excluding hydrogens is 471 g/mol. The third-order valence-corrected chi connectivity index (χ3v) is 5.54. The molecule has 0 bridgehead atoms. The van der Waals surface area contributed by atoms with Crippen LogP contribution in [0.15, 0.2) is 73.1 Å². The minimum Gasteiger partial charge on any atom is -0.391 e. The summed E-state index contributed by atoms with van der Waals surface area (Å²) >= 11 is 0. The summed E-state index contributed by atoms with van der Waals surface area (Å²) in [6.45, 7) is 3.24. The number of nitrogens with one attached hydrogen (secondary N) is 3. The molecule has 4 rings (SSSR count). The third kappa shape index (κ3) is 5.72. The van der Waals surface area contributed by atoms with Crippen LogP contribution in [-0.2, 0) is 6.18 Å². The van der Waals surface area contributed by atoms with Gasteiger partial charge in [-0.05, 0) is 55.3 Å². The maximum Gasteiger partial charge on any atom is 0.416 e. The zero-order chi connectivity index (χ0) is 25.9. The molecule has 2 aromatic heterocycles. The van der Waals surface area contributed by atoms with E-state index in [-0.39, 0.29) is 11.3 Å². The van der Waals surface area contributed by atoms with Gasteiger partial charge in [0.15, 0.2) is 0 Å². The van der Waals surface area contributed by atoms with Gasteiger partial charge >= 0.3 is 6.18 Å². The molecule has 1 amide bonds. The van der Waals surface area contributed by atoms with Gasteiger partial charge in [-0.25, -0.2) is 9.97 Å². The number of aliphatic hydroxyl groups excluding tert-OH is 1. The molecule has 2 aromatic carbocycles. The topological polar surface area (TPSA) is 103 Å². The number of anilines is 2. The average molecular weight is 496 g/mol. The Labute approximate surface area is 205 Å². The Morgan fingerprint density at radius 2 is 1.83 bits per heavy atom. The number of hydrogen-bond acceptors (Lipinski definition) is 5. The maximum atomic E-state index is 13.1. The largest absolute Gasteiger partial charge is 0.416 e. The van der Waals surface area contributed by atoms with Crippen molar-refractivity contribution in [3.63, 3.8) is 0 Å². The smallest absolute Gasteiger partial charge is 0.391 e. The number of hydrogen-bond donors (Lipinski definition) is 4. The fourth-order valence-electron chi connectivity index (χ4n) is 3.72. The minimum atomic E-state index is -4.54. The first-order chi connectivity index (χ1) is 17.1. The van der Waals surface area contributed by atoms with Crippen molar-refractivity contribution in [3.8, 4) is 11.3 Å². The Morgan fingerprint density at radius 3 is 2.53 bits per heavy atom. The van der Waals surface area contributed by atoms with Gasteiger partial charge in [0.2, 0.25) is 5.95 Å². The summed E-state index contributed by atoms with van der Waals surface area (Å²) in [7, 11) is 0.